The number of hydrogen-bond donors (Lipinski definition) is 0. The molecule has 1 fully saturated rings. The molecule has 2 aromatic carbocycles. The van der Waals surface area contributed by atoms with Crippen molar-refractivity contribution in [3.63, 3.8) is 0 Å². The number of carbonyl (C=O) groups is 1. The highest BCUT2D eigenvalue weighted by Crippen LogP contribution is 2.31. The average Bonchev–Trinajstić information content (AvgIpc) is 2.73. The van der Waals surface area contributed by atoms with E-state index in [-0.39, 0.29) is 23.1 Å². The van der Waals surface area contributed by atoms with Crippen LogP contribution in [-0.4, -0.2) is 21.1 Å². The van der Waals surface area contributed by atoms with Crippen molar-refractivity contribution in [3.8, 4) is 0 Å². The molecule has 3 aromatic rings. The lowest BCUT2D eigenvalue weighted by molar-refractivity contribution is 0.102. The van der Waals surface area contributed by atoms with Gasteiger partial charge in [0.1, 0.15) is 0 Å². The Morgan fingerprint density at radius 3 is 2.61 bits per heavy atom. The first-order valence-electron chi connectivity index (χ1n) is 9.56. The molecule has 4 rings (SSSR count). The second-order valence-electron chi connectivity index (χ2n) is 7.10. The Morgan fingerprint density at radius 1 is 1.11 bits per heavy atom. The van der Waals surface area contributed by atoms with Crippen LogP contribution >= 0.6 is 23.4 Å². The largest absolute Gasteiger partial charge is 0.293 e. The second-order valence-corrected chi connectivity index (χ2v) is 8.48. The predicted molar refractivity (Wildman–Crippen MR) is 115 cm³/mol. The molecule has 1 heterocycles. The number of Topliss-reactive ketones (excluding diaryl/α,β-unsaturated/α-hetero) is 1. The van der Waals surface area contributed by atoms with Gasteiger partial charge < -0.3 is 0 Å². The third kappa shape index (κ3) is 4.01. The molecule has 0 aliphatic heterocycles. The number of fused-ring (bicyclic) bond motifs is 1. The number of hydrogen-bond acceptors (Lipinski definition) is 4. The minimum absolute atomic E-state index is 0.0289. The summed E-state index contributed by atoms with van der Waals surface area (Å²) in [5, 5.41) is 1.73. The number of carbonyl (C=O) groups excluding carboxylic acids is 1. The van der Waals surface area contributed by atoms with Crippen LogP contribution in [0, 0.1) is 0 Å². The molecule has 0 radical (unpaired) electrons. The fourth-order valence-electron chi connectivity index (χ4n) is 3.75. The smallest absolute Gasteiger partial charge is 0.262 e. The van der Waals surface area contributed by atoms with Crippen molar-refractivity contribution in [3.05, 3.63) is 69.5 Å². The highest BCUT2D eigenvalue weighted by atomic mass is 35.5. The van der Waals surface area contributed by atoms with E-state index in [0.717, 1.165) is 25.7 Å². The van der Waals surface area contributed by atoms with Crippen LogP contribution in [0.4, 0.5) is 0 Å². The van der Waals surface area contributed by atoms with Crippen LogP contribution < -0.4 is 5.56 Å². The lowest BCUT2D eigenvalue weighted by Gasteiger charge is -2.26. The topological polar surface area (TPSA) is 52.0 Å². The van der Waals surface area contributed by atoms with Gasteiger partial charge in [0.05, 0.1) is 16.7 Å². The maximum atomic E-state index is 13.3. The Labute approximate surface area is 172 Å². The molecule has 0 saturated heterocycles. The van der Waals surface area contributed by atoms with Crippen molar-refractivity contribution in [2.75, 3.05) is 5.75 Å². The van der Waals surface area contributed by atoms with Crippen LogP contribution in [0.3, 0.4) is 0 Å². The molecular weight excluding hydrogens is 392 g/mol. The van der Waals surface area contributed by atoms with Crippen molar-refractivity contribution in [2.45, 2.75) is 43.3 Å². The summed E-state index contributed by atoms with van der Waals surface area (Å²) in [6, 6.07) is 14.5. The minimum Gasteiger partial charge on any atom is -0.293 e. The monoisotopic (exact) mass is 412 g/mol. The van der Waals surface area contributed by atoms with Crippen LogP contribution in [0.15, 0.2) is 58.5 Å². The molecule has 4 nitrogen and oxygen atoms in total. The van der Waals surface area contributed by atoms with Gasteiger partial charge in [-0.25, -0.2) is 4.98 Å². The summed E-state index contributed by atoms with van der Waals surface area (Å²) in [6.45, 7) is 0. The van der Waals surface area contributed by atoms with Gasteiger partial charge in [0.15, 0.2) is 10.9 Å². The molecule has 0 spiro atoms. The van der Waals surface area contributed by atoms with Gasteiger partial charge in [0, 0.05) is 16.6 Å². The van der Waals surface area contributed by atoms with Gasteiger partial charge in [-0.3, -0.25) is 14.2 Å². The molecule has 0 N–H and O–H groups in total. The Morgan fingerprint density at radius 2 is 1.86 bits per heavy atom. The fraction of sp³-hybridized carbons (Fsp3) is 0.318. The zero-order chi connectivity index (χ0) is 19.5. The summed E-state index contributed by atoms with van der Waals surface area (Å²) >= 11 is 7.45. The third-order valence-corrected chi connectivity index (χ3v) is 6.39. The number of ketones is 1. The van der Waals surface area contributed by atoms with Crippen LogP contribution in [0.25, 0.3) is 10.9 Å². The van der Waals surface area contributed by atoms with E-state index < -0.39 is 0 Å². The number of thioether (sulfide) groups is 1. The molecule has 1 aromatic heterocycles. The first kappa shape index (κ1) is 19.2. The number of nitrogens with zero attached hydrogens (tertiary/aromatic N) is 2. The zero-order valence-corrected chi connectivity index (χ0v) is 17.0. The van der Waals surface area contributed by atoms with E-state index in [1.54, 1.807) is 18.2 Å². The van der Waals surface area contributed by atoms with E-state index in [9.17, 15) is 9.59 Å². The fourth-order valence-corrected chi connectivity index (χ4v) is 4.88. The normalized spacial score (nSPS) is 15.0. The van der Waals surface area contributed by atoms with E-state index in [2.05, 4.69) is 0 Å². The van der Waals surface area contributed by atoms with Crippen LogP contribution in [0.5, 0.6) is 0 Å². The number of halogens is 1. The van der Waals surface area contributed by atoms with E-state index in [0.29, 0.717) is 26.6 Å². The van der Waals surface area contributed by atoms with Crippen LogP contribution in [0.1, 0.15) is 48.5 Å². The second kappa shape index (κ2) is 8.50. The lowest BCUT2D eigenvalue weighted by Crippen LogP contribution is -2.29. The van der Waals surface area contributed by atoms with Gasteiger partial charge in [-0.05, 0) is 31.0 Å². The van der Waals surface area contributed by atoms with Crippen molar-refractivity contribution in [1.29, 1.82) is 0 Å². The Balaban J connectivity index is 1.72. The molecule has 0 bridgehead atoms. The summed E-state index contributed by atoms with van der Waals surface area (Å²) < 4.78 is 1.82. The van der Waals surface area contributed by atoms with Gasteiger partial charge in [-0.15, -0.1) is 0 Å². The highest BCUT2D eigenvalue weighted by Gasteiger charge is 2.22. The molecule has 144 valence electrons. The van der Waals surface area contributed by atoms with E-state index >= 15 is 0 Å². The van der Waals surface area contributed by atoms with Crippen molar-refractivity contribution >= 4 is 40.0 Å². The highest BCUT2D eigenvalue weighted by molar-refractivity contribution is 7.99. The first-order valence-corrected chi connectivity index (χ1v) is 10.9. The van der Waals surface area contributed by atoms with Crippen molar-refractivity contribution in [1.82, 2.24) is 9.55 Å². The summed E-state index contributed by atoms with van der Waals surface area (Å²) in [5.41, 5.74) is 1.22. The third-order valence-electron chi connectivity index (χ3n) is 5.20. The SMILES string of the molecule is O=C(CSc1nc2cc(Cl)ccc2c(=O)n1C1CCCCC1)c1ccccc1. The summed E-state index contributed by atoms with van der Waals surface area (Å²) in [4.78, 5) is 30.5. The van der Waals surface area contributed by atoms with Gasteiger partial charge in [-0.1, -0.05) is 73.0 Å². The molecular formula is C22H21ClN2O2S. The summed E-state index contributed by atoms with van der Waals surface area (Å²) in [6.07, 6.45) is 5.38. The van der Waals surface area contributed by atoms with E-state index in [1.165, 1.54) is 18.2 Å². The average molecular weight is 413 g/mol. The van der Waals surface area contributed by atoms with Gasteiger partial charge >= 0.3 is 0 Å². The van der Waals surface area contributed by atoms with Crippen molar-refractivity contribution < 1.29 is 4.79 Å². The first-order chi connectivity index (χ1) is 13.6. The Kier molecular flexibility index (Phi) is 5.83. The van der Waals surface area contributed by atoms with E-state index in [1.807, 2.05) is 34.9 Å². The molecule has 6 heteroatoms. The van der Waals surface area contributed by atoms with Crippen molar-refractivity contribution in [2.24, 2.45) is 0 Å². The molecule has 1 aliphatic rings. The minimum atomic E-state index is -0.0387. The number of aromatic nitrogens is 2. The predicted octanol–water partition coefficient (Wildman–Crippen LogP) is 5.53. The molecule has 0 atom stereocenters. The van der Waals surface area contributed by atoms with Crippen LogP contribution in [0.2, 0.25) is 5.02 Å². The van der Waals surface area contributed by atoms with Gasteiger partial charge in [0.2, 0.25) is 0 Å². The number of benzene rings is 2. The molecule has 0 amide bonds. The Hall–Kier alpha value is -2.11. The molecule has 1 aliphatic carbocycles. The Bertz CT molecular complexity index is 1060. The van der Waals surface area contributed by atoms with Gasteiger partial charge in [0.25, 0.3) is 5.56 Å². The molecule has 0 unspecified atom stereocenters. The van der Waals surface area contributed by atoms with Gasteiger partial charge in [-0.2, -0.15) is 0 Å². The maximum Gasteiger partial charge on any atom is 0.262 e. The molecule has 28 heavy (non-hydrogen) atoms. The quantitative estimate of drug-likeness (QED) is 0.314. The number of rotatable bonds is 5. The summed E-state index contributed by atoms with van der Waals surface area (Å²) in [7, 11) is 0. The summed E-state index contributed by atoms with van der Waals surface area (Å²) in [5.74, 6) is 0.274. The standard InChI is InChI=1S/C22H21ClN2O2S/c23-16-11-12-18-19(13-16)24-22(25(21(18)27)17-9-5-2-6-10-17)28-14-20(26)15-7-3-1-4-8-15/h1,3-4,7-8,11-13,17H,2,5-6,9-10,14H2. The van der Waals surface area contributed by atoms with Crippen LogP contribution in [-0.2, 0) is 0 Å². The zero-order valence-electron chi connectivity index (χ0n) is 15.4. The maximum absolute atomic E-state index is 13.3. The van der Waals surface area contributed by atoms with E-state index in [4.69, 9.17) is 16.6 Å². The lowest BCUT2D eigenvalue weighted by atomic mass is 9.95. The molecule has 1 saturated carbocycles.